The van der Waals surface area contributed by atoms with Crippen LogP contribution in [0.2, 0.25) is 0 Å². The maximum atomic E-state index is 12.2. The minimum atomic E-state index is -3.85. The molecule has 23 nitrogen and oxygen atoms in total. The standard InChI is InChI=1S/C38H67N3O14S.C21H31NO5/c1-2-32(38(50)51)40-34(44)22-21-30(37(48)49)28-31(42)29-55-26-25-54-24-23-39-33(43)19-17-27-56(52,53)41-35(45)18-15-13-11-9-7-5-3-4-6-8-10-12-14-16-20-36(46)47;1-3-19(23)6-5-13-26-14-15-27-16-21(25)22-12-4-7-20(24)18-10-8-17(2)9-11-18/h30,32H,2-29H2,1H3,(H,39,43)(H,40,44)(H,41,45)(H,46,47)(H,48,49)(H,50,51);8-11H,3-7,12-16H2,1-2H3,(H,22,25)/t30-,32?;/m1./s1. The van der Waals surface area contributed by atoms with Crippen molar-refractivity contribution in [1.82, 2.24) is 20.7 Å². The van der Waals surface area contributed by atoms with Gasteiger partial charge in [-0.05, 0) is 51.9 Å². The van der Waals surface area contributed by atoms with Gasteiger partial charge in [-0.1, -0.05) is 121 Å². The number of amides is 4. The van der Waals surface area contributed by atoms with Crippen molar-refractivity contribution in [1.29, 1.82) is 0 Å². The molecule has 2 atom stereocenters. The van der Waals surface area contributed by atoms with Gasteiger partial charge in [0.1, 0.15) is 25.0 Å². The van der Waals surface area contributed by atoms with Crippen molar-refractivity contribution in [3.63, 3.8) is 0 Å². The second-order valence-corrected chi connectivity index (χ2v) is 22.2. The van der Waals surface area contributed by atoms with Gasteiger partial charge in [-0.2, -0.15) is 0 Å². The molecule has 1 unspecified atom stereocenters. The molecule has 0 fully saturated rings. The molecule has 24 heteroatoms. The predicted octanol–water partition coefficient (Wildman–Crippen LogP) is 6.97. The molecular formula is C59H98N4O19S. The molecule has 0 saturated heterocycles. The maximum Gasteiger partial charge on any atom is 0.326 e. The Hall–Kier alpha value is -5.69. The SMILES string of the molecule is CCC(=O)CCCOCCOCC(=O)NCCCC(=O)c1ccc(C)cc1.CCC(NC(=O)CC[C@H](CC(=O)COCCOCCNC(=O)CCCS(=O)(=O)NC(=O)CCCCCCCCCCCCCCCCC(=O)O)C(=O)O)C(=O)O. The van der Waals surface area contributed by atoms with Crippen LogP contribution in [0.15, 0.2) is 24.3 Å². The molecule has 83 heavy (non-hydrogen) atoms. The molecule has 0 saturated carbocycles. The molecule has 1 aromatic rings. The highest BCUT2D eigenvalue weighted by molar-refractivity contribution is 7.90. The number of unbranched alkanes of at least 4 members (excludes halogenated alkanes) is 13. The van der Waals surface area contributed by atoms with Gasteiger partial charge in [0.2, 0.25) is 33.7 Å². The lowest BCUT2D eigenvalue weighted by atomic mass is 9.97. The number of carboxylic acid groups (broad SMARTS) is 3. The number of nitrogens with one attached hydrogen (secondary N) is 4. The van der Waals surface area contributed by atoms with Gasteiger partial charge in [-0.25, -0.2) is 13.2 Å². The van der Waals surface area contributed by atoms with Gasteiger partial charge < -0.3 is 50.2 Å². The third-order valence-corrected chi connectivity index (χ3v) is 14.3. The number of hydrogen-bond acceptors (Lipinski definition) is 16. The number of benzene rings is 1. The zero-order valence-electron chi connectivity index (χ0n) is 49.6. The number of aryl methyl sites for hydroxylation is 1. The number of aliphatic carboxylic acids is 3. The van der Waals surface area contributed by atoms with Gasteiger partial charge in [0.25, 0.3) is 0 Å². The van der Waals surface area contributed by atoms with E-state index in [0.717, 1.165) is 56.9 Å². The highest BCUT2D eigenvalue weighted by Crippen LogP contribution is 2.16. The van der Waals surface area contributed by atoms with E-state index >= 15 is 0 Å². The summed E-state index contributed by atoms with van der Waals surface area (Å²) in [4.78, 5) is 116. The molecule has 1 aromatic carbocycles. The van der Waals surface area contributed by atoms with E-state index in [1.807, 2.05) is 38.1 Å². The average molecular weight is 1200 g/mol. The van der Waals surface area contributed by atoms with E-state index in [2.05, 4.69) is 20.7 Å². The van der Waals surface area contributed by atoms with Crippen molar-refractivity contribution >= 4 is 68.9 Å². The van der Waals surface area contributed by atoms with Crippen molar-refractivity contribution in [3.05, 3.63) is 35.4 Å². The van der Waals surface area contributed by atoms with Crippen molar-refractivity contribution in [2.24, 2.45) is 5.92 Å². The number of rotatable bonds is 54. The van der Waals surface area contributed by atoms with E-state index in [-0.39, 0.29) is 120 Å². The molecule has 0 spiro atoms. The zero-order chi connectivity index (χ0) is 61.9. The van der Waals surface area contributed by atoms with Crippen molar-refractivity contribution in [3.8, 4) is 0 Å². The molecule has 7 N–H and O–H groups in total. The molecule has 0 bridgehead atoms. The number of ketones is 3. The van der Waals surface area contributed by atoms with Crippen LogP contribution in [0, 0.1) is 12.8 Å². The fourth-order valence-corrected chi connectivity index (χ4v) is 9.12. The predicted molar refractivity (Wildman–Crippen MR) is 311 cm³/mol. The van der Waals surface area contributed by atoms with Crippen LogP contribution in [0.4, 0.5) is 0 Å². The van der Waals surface area contributed by atoms with E-state index in [0.29, 0.717) is 70.5 Å². The van der Waals surface area contributed by atoms with Crippen LogP contribution in [0.5, 0.6) is 0 Å². The first-order valence-electron chi connectivity index (χ1n) is 29.7. The Kier molecular flexibility index (Phi) is 47.3. The second-order valence-electron chi connectivity index (χ2n) is 20.4. The number of Topliss-reactive ketones (excluding diaryl/α,β-unsaturated/α-hetero) is 3. The summed E-state index contributed by atoms with van der Waals surface area (Å²) in [6.07, 6.45) is 17.3. The normalized spacial score (nSPS) is 11.8. The van der Waals surface area contributed by atoms with Gasteiger partial charge >= 0.3 is 17.9 Å². The molecule has 0 heterocycles. The molecule has 0 aliphatic heterocycles. The zero-order valence-corrected chi connectivity index (χ0v) is 50.4. The number of sulfonamides is 1. The summed E-state index contributed by atoms with van der Waals surface area (Å²) in [5, 5.41) is 34.6. The van der Waals surface area contributed by atoms with Gasteiger partial charge in [-0.3, -0.25) is 47.9 Å². The summed E-state index contributed by atoms with van der Waals surface area (Å²) in [7, 11) is -3.85. The molecule has 474 valence electrons. The first-order chi connectivity index (χ1) is 39.7. The Morgan fingerprint density at radius 1 is 0.494 bits per heavy atom. The van der Waals surface area contributed by atoms with Gasteiger partial charge in [0, 0.05) is 76.6 Å². The number of carbonyl (C=O) groups is 10. The molecule has 4 amide bonds. The van der Waals surface area contributed by atoms with Crippen molar-refractivity contribution in [2.45, 2.75) is 200 Å². The van der Waals surface area contributed by atoms with Crippen LogP contribution >= 0.6 is 0 Å². The Balaban J connectivity index is 0.00000207. The topological polar surface area (TPSA) is 351 Å². The summed E-state index contributed by atoms with van der Waals surface area (Å²) in [6.45, 7) is 7.14. The van der Waals surface area contributed by atoms with E-state index in [1.54, 1.807) is 6.92 Å². The first-order valence-corrected chi connectivity index (χ1v) is 31.3. The number of carboxylic acids is 3. The summed E-state index contributed by atoms with van der Waals surface area (Å²) in [5.74, 6) is -6.57. The monoisotopic (exact) mass is 1200 g/mol. The Labute approximate surface area is 491 Å². The van der Waals surface area contributed by atoms with Gasteiger partial charge in [0.05, 0.1) is 44.7 Å². The molecule has 1 rings (SSSR count). The van der Waals surface area contributed by atoms with Crippen LogP contribution in [0.3, 0.4) is 0 Å². The second kappa shape index (κ2) is 50.8. The summed E-state index contributed by atoms with van der Waals surface area (Å²) in [5.41, 5.74) is 1.82. The average Bonchev–Trinajstić information content (AvgIpc) is 3.43. The highest BCUT2D eigenvalue weighted by atomic mass is 32.2. The molecule has 0 aromatic heterocycles. The number of hydrogen-bond donors (Lipinski definition) is 7. The lowest BCUT2D eigenvalue weighted by molar-refractivity contribution is -0.145. The molecular weight excluding hydrogens is 1100 g/mol. The largest absolute Gasteiger partial charge is 0.481 e. The van der Waals surface area contributed by atoms with Crippen molar-refractivity contribution in [2.75, 3.05) is 71.7 Å². The van der Waals surface area contributed by atoms with Crippen LogP contribution < -0.4 is 20.7 Å². The van der Waals surface area contributed by atoms with E-state index in [9.17, 15) is 61.5 Å². The third kappa shape index (κ3) is 48.4. The molecule has 0 aliphatic rings. The Morgan fingerprint density at radius 3 is 1.58 bits per heavy atom. The number of ether oxygens (including phenoxy) is 4. The quantitative estimate of drug-likeness (QED) is 0.0255. The first kappa shape index (κ1) is 77.3. The Morgan fingerprint density at radius 2 is 1.02 bits per heavy atom. The number of carbonyl (C=O) groups excluding carboxylic acids is 7. The lowest BCUT2D eigenvalue weighted by Gasteiger charge is -2.14. The summed E-state index contributed by atoms with van der Waals surface area (Å²) < 4.78 is 47.6. The fraction of sp³-hybridized carbons (Fsp3) is 0.729. The maximum absolute atomic E-state index is 12.2. The van der Waals surface area contributed by atoms with Crippen LogP contribution in [0.25, 0.3) is 0 Å². The summed E-state index contributed by atoms with van der Waals surface area (Å²) >= 11 is 0. The molecule has 0 aliphatic carbocycles. The van der Waals surface area contributed by atoms with Crippen LogP contribution in [-0.4, -0.2) is 160 Å². The van der Waals surface area contributed by atoms with E-state index < -0.39 is 57.5 Å². The highest BCUT2D eigenvalue weighted by Gasteiger charge is 2.24. The third-order valence-electron chi connectivity index (χ3n) is 12.9. The Bertz CT molecular complexity index is 2140. The van der Waals surface area contributed by atoms with Crippen LogP contribution in [-0.2, 0) is 72.1 Å². The summed E-state index contributed by atoms with van der Waals surface area (Å²) in [6, 6.07) is 6.42. The lowest BCUT2D eigenvalue weighted by Crippen LogP contribution is -2.40. The van der Waals surface area contributed by atoms with Gasteiger partial charge in [-0.15, -0.1) is 0 Å². The van der Waals surface area contributed by atoms with Gasteiger partial charge in [0.15, 0.2) is 11.6 Å². The van der Waals surface area contributed by atoms with Crippen molar-refractivity contribution < 1.29 is 90.6 Å². The van der Waals surface area contributed by atoms with E-state index in [4.69, 9.17) is 29.2 Å². The fourth-order valence-electron chi connectivity index (χ4n) is 8.04. The van der Waals surface area contributed by atoms with Crippen LogP contribution in [0.1, 0.15) is 203 Å². The smallest absolute Gasteiger partial charge is 0.326 e. The van der Waals surface area contributed by atoms with E-state index in [1.165, 1.54) is 32.1 Å². The minimum absolute atomic E-state index is 0.0242. The molecule has 0 radical (unpaired) electrons. The minimum Gasteiger partial charge on any atom is -0.481 e.